The third-order valence-corrected chi connectivity index (χ3v) is 7.04. The molecule has 0 aromatic heterocycles. The second-order valence-corrected chi connectivity index (χ2v) is 8.10. The number of carbonyl (C=O) groups excluding carboxylic acids is 1. The van der Waals surface area contributed by atoms with Gasteiger partial charge >= 0.3 is 0 Å². The van der Waals surface area contributed by atoms with Crippen molar-refractivity contribution in [2.24, 2.45) is 17.3 Å². The molecule has 2 nitrogen and oxygen atoms in total. The van der Waals surface area contributed by atoms with Gasteiger partial charge < -0.3 is 5.11 Å². The standard InChI is InChI=1S/C19H23ClO2/c1-19-8-7-12-13(15(19)3-2-4-18(19)22)6-5-11-9-17(21)16(20)10-14(11)12/h9-10,12-13,15,21H,2-8H2,1H3/t12-,13+,15-,19-/m0/s1. The maximum Gasteiger partial charge on any atom is 0.139 e. The van der Waals surface area contributed by atoms with E-state index in [0.29, 0.717) is 28.6 Å². The molecule has 3 aliphatic rings. The molecule has 2 fully saturated rings. The van der Waals surface area contributed by atoms with Crippen LogP contribution in [-0.4, -0.2) is 10.9 Å². The molecule has 0 radical (unpaired) electrons. The normalized spacial score (nSPS) is 37.2. The largest absolute Gasteiger partial charge is 0.506 e. The van der Waals surface area contributed by atoms with Gasteiger partial charge in [-0.15, -0.1) is 0 Å². The summed E-state index contributed by atoms with van der Waals surface area (Å²) in [5.41, 5.74) is 2.51. The van der Waals surface area contributed by atoms with Gasteiger partial charge in [-0.1, -0.05) is 18.5 Å². The van der Waals surface area contributed by atoms with Gasteiger partial charge in [-0.05, 0) is 79.5 Å². The fraction of sp³-hybridized carbons (Fsp3) is 0.632. The molecule has 3 aliphatic carbocycles. The van der Waals surface area contributed by atoms with Gasteiger partial charge in [-0.3, -0.25) is 4.79 Å². The summed E-state index contributed by atoms with van der Waals surface area (Å²) in [4.78, 5) is 12.5. The molecule has 0 aliphatic heterocycles. The molecule has 0 saturated heterocycles. The molecule has 0 spiro atoms. The van der Waals surface area contributed by atoms with Crippen LogP contribution in [0.3, 0.4) is 0 Å². The molecule has 0 bridgehead atoms. The Kier molecular flexibility index (Phi) is 3.30. The Morgan fingerprint density at radius 2 is 2.05 bits per heavy atom. The molecule has 2 saturated carbocycles. The van der Waals surface area contributed by atoms with E-state index < -0.39 is 0 Å². The quantitative estimate of drug-likeness (QED) is 0.741. The SMILES string of the molecule is C[C@]12CC[C@@H]3c4cc(Cl)c(O)cc4CC[C@H]3[C@@H]1CCCC2=O. The predicted molar refractivity (Wildman–Crippen MR) is 87.4 cm³/mol. The Balaban J connectivity index is 1.73. The summed E-state index contributed by atoms with van der Waals surface area (Å²) in [5, 5.41) is 10.3. The summed E-state index contributed by atoms with van der Waals surface area (Å²) >= 11 is 6.16. The number of phenolic OH excluding ortho intramolecular Hbond substituents is 1. The second kappa shape index (κ2) is 4.99. The highest BCUT2D eigenvalue weighted by molar-refractivity contribution is 6.32. The number of halogens is 1. The number of rotatable bonds is 0. The van der Waals surface area contributed by atoms with E-state index in [1.54, 1.807) is 0 Å². The van der Waals surface area contributed by atoms with E-state index in [0.717, 1.165) is 38.5 Å². The van der Waals surface area contributed by atoms with Crippen LogP contribution in [0.5, 0.6) is 5.75 Å². The van der Waals surface area contributed by atoms with Gasteiger partial charge in [-0.2, -0.15) is 0 Å². The van der Waals surface area contributed by atoms with Crippen LogP contribution < -0.4 is 0 Å². The summed E-state index contributed by atoms with van der Waals surface area (Å²) in [6.07, 6.45) is 7.28. The third-order valence-electron chi connectivity index (χ3n) is 6.74. The first-order valence-corrected chi connectivity index (χ1v) is 8.93. The highest BCUT2D eigenvalue weighted by Crippen LogP contribution is 2.58. The van der Waals surface area contributed by atoms with E-state index in [4.69, 9.17) is 11.6 Å². The maximum absolute atomic E-state index is 12.5. The summed E-state index contributed by atoms with van der Waals surface area (Å²) in [5.74, 6) is 2.36. The van der Waals surface area contributed by atoms with Crippen LogP contribution >= 0.6 is 11.6 Å². The fourth-order valence-corrected chi connectivity index (χ4v) is 5.72. The van der Waals surface area contributed by atoms with E-state index in [2.05, 4.69) is 6.92 Å². The minimum atomic E-state index is -0.0857. The Morgan fingerprint density at radius 3 is 2.86 bits per heavy atom. The van der Waals surface area contributed by atoms with E-state index in [9.17, 15) is 9.90 Å². The first-order valence-electron chi connectivity index (χ1n) is 8.55. The summed E-state index contributed by atoms with van der Waals surface area (Å²) < 4.78 is 0. The van der Waals surface area contributed by atoms with Crippen molar-refractivity contribution < 1.29 is 9.90 Å². The van der Waals surface area contributed by atoms with Crippen molar-refractivity contribution in [1.82, 2.24) is 0 Å². The monoisotopic (exact) mass is 318 g/mol. The fourth-order valence-electron chi connectivity index (χ4n) is 5.55. The van der Waals surface area contributed by atoms with Crippen LogP contribution in [0.25, 0.3) is 0 Å². The van der Waals surface area contributed by atoms with Gasteiger partial charge in [0.25, 0.3) is 0 Å². The van der Waals surface area contributed by atoms with Crippen LogP contribution in [0, 0.1) is 17.3 Å². The Labute approximate surface area is 136 Å². The van der Waals surface area contributed by atoms with E-state index >= 15 is 0 Å². The van der Waals surface area contributed by atoms with Gasteiger partial charge in [0.1, 0.15) is 11.5 Å². The molecule has 1 aromatic carbocycles. The Bertz CT molecular complexity index is 639. The molecule has 1 N–H and O–H groups in total. The number of fused-ring (bicyclic) bond motifs is 5. The first kappa shape index (κ1) is 14.6. The minimum Gasteiger partial charge on any atom is -0.506 e. The summed E-state index contributed by atoms with van der Waals surface area (Å²) in [6.45, 7) is 2.22. The smallest absolute Gasteiger partial charge is 0.139 e. The number of ketones is 1. The van der Waals surface area contributed by atoms with Gasteiger partial charge in [-0.25, -0.2) is 0 Å². The van der Waals surface area contributed by atoms with Crippen molar-refractivity contribution in [3.63, 3.8) is 0 Å². The van der Waals surface area contributed by atoms with Gasteiger partial charge in [0.15, 0.2) is 0 Å². The molecule has 1 aromatic rings. The lowest BCUT2D eigenvalue weighted by molar-refractivity contribution is -0.140. The molecule has 4 rings (SSSR count). The number of hydrogen-bond donors (Lipinski definition) is 1. The van der Waals surface area contributed by atoms with Crippen molar-refractivity contribution in [3.8, 4) is 5.75 Å². The molecule has 0 unspecified atom stereocenters. The number of aromatic hydroxyl groups is 1. The zero-order valence-electron chi connectivity index (χ0n) is 13.1. The van der Waals surface area contributed by atoms with Crippen LogP contribution in [0.4, 0.5) is 0 Å². The van der Waals surface area contributed by atoms with E-state index in [1.165, 1.54) is 17.5 Å². The second-order valence-electron chi connectivity index (χ2n) is 7.69. The molecule has 0 heterocycles. The zero-order valence-corrected chi connectivity index (χ0v) is 13.8. The van der Waals surface area contributed by atoms with Crippen LogP contribution in [-0.2, 0) is 11.2 Å². The predicted octanol–water partition coefficient (Wildman–Crippen LogP) is 4.86. The van der Waals surface area contributed by atoms with Crippen LogP contribution in [0.1, 0.15) is 62.5 Å². The molecule has 3 heteroatoms. The Morgan fingerprint density at radius 1 is 1.23 bits per heavy atom. The molecule has 0 amide bonds. The van der Waals surface area contributed by atoms with Crippen molar-refractivity contribution in [1.29, 1.82) is 0 Å². The topological polar surface area (TPSA) is 37.3 Å². The van der Waals surface area contributed by atoms with Crippen molar-refractivity contribution in [3.05, 3.63) is 28.3 Å². The maximum atomic E-state index is 12.5. The highest BCUT2D eigenvalue weighted by atomic mass is 35.5. The molecular formula is C19H23ClO2. The number of aryl methyl sites for hydroxylation is 1. The van der Waals surface area contributed by atoms with Gasteiger partial charge in [0.05, 0.1) is 5.02 Å². The molecule has 118 valence electrons. The third kappa shape index (κ3) is 1.96. The lowest BCUT2D eigenvalue weighted by Gasteiger charge is -2.53. The number of hydrogen-bond acceptors (Lipinski definition) is 2. The molecule has 4 atom stereocenters. The van der Waals surface area contributed by atoms with E-state index in [1.807, 2.05) is 12.1 Å². The van der Waals surface area contributed by atoms with Crippen molar-refractivity contribution in [2.45, 2.75) is 57.8 Å². The summed E-state index contributed by atoms with van der Waals surface area (Å²) in [7, 11) is 0. The molecular weight excluding hydrogens is 296 g/mol. The van der Waals surface area contributed by atoms with Crippen molar-refractivity contribution >= 4 is 17.4 Å². The van der Waals surface area contributed by atoms with Crippen LogP contribution in [0.15, 0.2) is 12.1 Å². The lowest BCUT2D eigenvalue weighted by Crippen LogP contribution is -2.49. The minimum absolute atomic E-state index is 0.0857. The molecule has 22 heavy (non-hydrogen) atoms. The van der Waals surface area contributed by atoms with Crippen LogP contribution in [0.2, 0.25) is 5.02 Å². The van der Waals surface area contributed by atoms with Gasteiger partial charge in [0, 0.05) is 11.8 Å². The van der Waals surface area contributed by atoms with Gasteiger partial charge in [0.2, 0.25) is 0 Å². The number of benzene rings is 1. The summed E-state index contributed by atoms with van der Waals surface area (Å²) in [6, 6.07) is 3.84. The average molecular weight is 319 g/mol. The lowest BCUT2D eigenvalue weighted by atomic mass is 9.50. The number of carbonyl (C=O) groups is 1. The highest BCUT2D eigenvalue weighted by Gasteiger charge is 2.52. The number of phenols is 1. The van der Waals surface area contributed by atoms with E-state index in [-0.39, 0.29) is 11.2 Å². The van der Waals surface area contributed by atoms with Crippen molar-refractivity contribution in [2.75, 3.05) is 0 Å². The average Bonchev–Trinajstić information content (AvgIpc) is 2.49. The Hall–Kier alpha value is -1.02. The zero-order chi connectivity index (χ0) is 15.5. The number of Topliss-reactive ketones (excluding diaryl/α,β-unsaturated/α-hetero) is 1. The first-order chi connectivity index (χ1) is 10.5.